The van der Waals surface area contributed by atoms with Gasteiger partial charge in [0.1, 0.15) is 17.2 Å². The summed E-state index contributed by atoms with van der Waals surface area (Å²) in [6.07, 6.45) is 4.88. The number of nitrogens with zero attached hydrogens (tertiary/aromatic N) is 5. The summed E-state index contributed by atoms with van der Waals surface area (Å²) in [5.74, 6) is 0.589. The van der Waals surface area contributed by atoms with E-state index in [4.69, 9.17) is 4.99 Å². The van der Waals surface area contributed by atoms with Crippen LogP contribution in [0, 0.1) is 27.7 Å². The van der Waals surface area contributed by atoms with Crippen molar-refractivity contribution in [3.63, 3.8) is 0 Å². The van der Waals surface area contributed by atoms with Crippen LogP contribution in [-0.4, -0.2) is 27.6 Å². The highest BCUT2D eigenvalue weighted by Gasteiger charge is 2.18. The number of aromatic nitrogens is 1. The van der Waals surface area contributed by atoms with Gasteiger partial charge in [-0.2, -0.15) is 0 Å². The van der Waals surface area contributed by atoms with Gasteiger partial charge in [-0.3, -0.25) is 4.99 Å². The van der Waals surface area contributed by atoms with Gasteiger partial charge in [-0.25, -0.2) is 9.98 Å². The van der Waals surface area contributed by atoms with Crippen LogP contribution in [0.2, 0.25) is 0 Å². The summed E-state index contributed by atoms with van der Waals surface area (Å²) in [4.78, 5) is 18.3. The Labute approximate surface area is 386 Å². The normalized spacial score (nSPS) is 11.3. The van der Waals surface area contributed by atoms with Gasteiger partial charge in [0.05, 0.1) is 0 Å². The van der Waals surface area contributed by atoms with Crippen LogP contribution in [0.3, 0.4) is 0 Å². The second-order valence-corrected chi connectivity index (χ2v) is 16.3. The van der Waals surface area contributed by atoms with Gasteiger partial charge in [0.2, 0.25) is 0 Å². The van der Waals surface area contributed by atoms with Crippen molar-refractivity contribution in [1.29, 1.82) is 0 Å². The quantitative estimate of drug-likeness (QED) is 0.120. The van der Waals surface area contributed by atoms with Crippen LogP contribution in [0.1, 0.15) is 33.4 Å². The minimum Gasteiger partial charge on any atom is -0.507 e. The number of anilines is 6. The zero-order chi connectivity index (χ0) is 45.6. The number of rotatable bonds is 12. The average Bonchev–Trinajstić information content (AvgIpc) is 3.32. The first-order chi connectivity index (χ1) is 32.2. The van der Waals surface area contributed by atoms with E-state index in [0.29, 0.717) is 22.6 Å². The van der Waals surface area contributed by atoms with Crippen molar-refractivity contribution in [2.24, 2.45) is 9.98 Å². The molecule has 0 fully saturated rings. The molecule has 2 N–H and O–H groups in total. The molecule has 7 heteroatoms. The van der Waals surface area contributed by atoms with Gasteiger partial charge in [-0.15, -0.1) is 0 Å². The first-order valence-corrected chi connectivity index (χ1v) is 21.9. The van der Waals surface area contributed by atoms with Crippen molar-refractivity contribution in [3.05, 3.63) is 234 Å². The Morgan fingerprint density at radius 1 is 0.394 bits per heavy atom. The third-order valence-electron chi connectivity index (χ3n) is 11.7. The van der Waals surface area contributed by atoms with E-state index >= 15 is 0 Å². The lowest BCUT2D eigenvalue weighted by Crippen LogP contribution is -2.10. The van der Waals surface area contributed by atoms with Crippen molar-refractivity contribution in [2.75, 3.05) is 9.80 Å². The molecule has 0 bridgehead atoms. The minimum atomic E-state index is 0.102. The molecular weight excluding hydrogens is 811 g/mol. The van der Waals surface area contributed by atoms with E-state index in [2.05, 4.69) is 169 Å². The fourth-order valence-electron chi connectivity index (χ4n) is 8.73. The third kappa shape index (κ3) is 9.09. The Kier molecular flexibility index (Phi) is 12.3. The number of benzene rings is 8. The van der Waals surface area contributed by atoms with Crippen molar-refractivity contribution in [3.8, 4) is 33.8 Å². The van der Waals surface area contributed by atoms with Crippen LogP contribution in [0.4, 0.5) is 45.6 Å². The lowest BCUT2D eigenvalue weighted by atomic mass is 9.93. The van der Waals surface area contributed by atoms with Gasteiger partial charge >= 0.3 is 0 Å². The molecule has 66 heavy (non-hydrogen) atoms. The maximum absolute atomic E-state index is 11.3. The molecule has 1 heterocycles. The van der Waals surface area contributed by atoms with Gasteiger partial charge < -0.3 is 20.0 Å². The van der Waals surface area contributed by atoms with Crippen LogP contribution in [-0.2, 0) is 0 Å². The SMILES string of the molecule is Cc1cc(N(c2ccccc2)c2ccccc2)cc(C)c1-c1ccc(C=Nc2cccnc2N=Cc2ccc(-c3c(C)cc(N(c4ccccc4)c4ccccc4)cc3C)cc2O)c(O)c1. The van der Waals surface area contributed by atoms with E-state index in [-0.39, 0.29) is 11.5 Å². The molecular formula is C59H49N5O2. The van der Waals surface area contributed by atoms with Crippen molar-refractivity contribution < 1.29 is 10.2 Å². The van der Waals surface area contributed by atoms with Crippen LogP contribution in [0.25, 0.3) is 22.3 Å². The van der Waals surface area contributed by atoms with Crippen LogP contribution in [0.15, 0.2) is 210 Å². The maximum atomic E-state index is 11.3. The van der Waals surface area contributed by atoms with Gasteiger partial charge in [0, 0.05) is 63.9 Å². The van der Waals surface area contributed by atoms with Gasteiger partial charge in [-0.05, 0) is 181 Å². The Morgan fingerprint density at radius 2 is 0.758 bits per heavy atom. The molecule has 0 aliphatic rings. The summed E-state index contributed by atoms with van der Waals surface area (Å²) in [5.41, 5.74) is 16.4. The predicted molar refractivity (Wildman–Crippen MR) is 274 cm³/mol. The third-order valence-corrected chi connectivity index (χ3v) is 11.7. The minimum absolute atomic E-state index is 0.102. The van der Waals surface area contributed by atoms with Gasteiger partial charge in [-0.1, -0.05) is 84.9 Å². The lowest BCUT2D eigenvalue weighted by molar-refractivity contribution is 0.474. The smallest absolute Gasteiger partial charge is 0.178 e. The molecule has 0 unspecified atom stereocenters. The Hall–Kier alpha value is -8.55. The number of hydrogen-bond acceptors (Lipinski definition) is 7. The van der Waals surface area contributed by atoms with Crippen molar-refractivity contribution in [2.45, 2.75) is 27.7 Å². The molecule has 0 radical (unpaired) electrons. The molecule has 9 aromatic rings. The first kappa shape index (κ1) is 42.7. The first-order valence-electron chi connectivity index (χ1n) is 21.9. The number of pyridine rings is 1. The molecule has 8 aromatic carbocycles. The molecule has 0 atom stereocenters. The number of para-hydroxylation sites is 4. The average molecular weight is 860 g/mol. The largest absolute Gasteiger partial charge is 0.507 e. The fourth-order valence-corrected chi connectivity index (χ4v) is 8.73. The molecule has 9 rings (SSSR count). The topological polar surface area (TPSA) is 84.6 Å². The molecule has 0 amide bonds. The van der Waals surface area contributed by atoms with E-state index in [1.54, 1.807) is 36.8 Å². The van der Waals surface area contributed by atoms with Gasteiger partial charge in [0.15, 0.2) is 5.82 Å². The van der Waals surface area contributed by atoms with Crippen molar-refractivity contribution >= 4 is 58.1 Å². The highest BCUT2D eigenvalue weighted by Crippen LogP contribution is 2.41. The Morgan fingerprint density at radius 3 is 1.12 bits per heavy atom. The van der Waals surface area contributed by atoms with E-state index < -0.39 is 0 Å². The van der Waals surface area contributed by atoms with E-state index in [1.165, 1.54) is 0 Å². The number of aryl methyl sites for hydroxylation is 4. The standard InChI is InChI=1S/C59H49N5O2/c1-40-32-52(63(48-18-9-5-10-19-48)49-20-11-6-12-21-49)33-41(2)57(40)44-27-29-46(55(65)36-44)38-61-54-26-17-31-60-59(54)62-39-47-30-28-45(37-56(47)66)58-42(3)34-53(35-43(58)4)64(50-22-13-7-14-23-50)51-24-15-8-16-25-51/h5-39,65-66H,1-4H3. The molecule has 1 aromatic heterocycles. The molecule has 0 saturated heterocycles. The monoisotopic (exact) mass is 859 g/mol. The Balaban J connectivity index is 0.932. The second-order valence-electron chi connectivity index (χ2n) is 16.3. The number of phenolic OH excluding ortho intramolecular Hbond substituents is 2. The molecule has 322 valence electrons. The summed E-state index contributed by atoms with van der Waals surface area (Å²) < 4.78 is 0. The lowest BCUT2D eigenvalue weighted by Gasteiger charge is -2.27. The van der Waals surface area contributed by atoms with Crippen LogP contribution >= 0.6 is 0 Å². The molecule has 0 aliphatic carbocycles. The second kappa shape index (κ2) is 19.1. The van der Waals surface area contributed by atoms with E-state index in [0.717, 1.165) is 78.6 Å². The number of aromatic hydroxyl groups is 2. The molecule has 0 saturated carbocycles. The summed E-state index contributed by atoms with van der Waals surface area (Å²) in [5, 5.41) is 22.6. The summed E-state index contributed by atoms with van der Waals surface area (Å²) in [6, 6.07) is 65.2. The zero-order valence-electron chi connectivity index (χ0n) is 37.3. The predicted octanol–water partition coefficient (Wildman–Crippen LogP) is 15.5. The Bertz CT molecular complexity index is 2860. The molecule has 0 aliphatic heterocycles. The molecule has 0 spiro atoms. The molecule has 7 nitrogen and oxygen atoms in total. The van der Waals surface area contributed by atoms with E-state index in [1.807, 2.05) is 54.6 Å². The van der Waals surface area contributed by atoms with Crippen LogP contribution in [0.5, 0.6) is 11.5 Å². The fraction of sp³-hybridized carbons (Fsp3) is 0.0678. The van der Waals surface area contributed by atoms with E-state index in [9.17, 15) is 10.2 Å². The number of hydrogen-bond donors (Lipinski definition) is 2. The van der Waals surface area contributed by atoms with Gasteiger partial charge in [0.25, 0.3) is 0 Å². The number of aliphatic imine (C=N–C) groups is 2. The zero-order valence-corrected chi connectivity index (χ0v) is 37.3. The van der Waals surface area contributed by atoms with Crippen LogP contribution < -0.4 is 9.80 Å². The van der Waals surface area contributed by atoms with Crippen molar-refractivity contribution in [1.82, 2.24) is 4.98 Å². The summed E-state index contributed by atoms with van der Waals surface area (Å²) in [6.45, 7) is 8.43. The number of phenols is 2. The highest BCUT2D eigenvalue weighted by molar-refractivity contribution is 5.91. The maximum Gasteiger partial charge on any atom is 0.178 e. The summed E-state index contributed by atoms with van der Waals surface area (Å²) >= 11 is 0. The highest BCUT2D eigenvalue weighted by atomic mass is 16.3. The summed E-state index contributed by atoms with van der Waals surface area (Å²) in [7, 11) is 0.